The molecule has 6 nitrogen and oxygen atoms in total. The third-order valence-corrected chi connectivity index (χ3v) is 4.03. The van der Waals surface area contributed by atoms with Crippen molar-refractivity contribution in [3.8, 4) is 0 Å². The van der Waals surface area contributed by atoms with E-state index in [1.165, 1.54) is 11.3 Å². The summed E-state index contributed by atoms with van der Waals surface area (Å²) in [5.74, 6) is 0. The molecule has 0 aliphatic carbocycles. The first-order chi connectivity index (χ1) is 10.2. The molecular weight excluding hydrogens is 278 g/mol. The monoisotopic (exact) mass is 307 g/mol. The van der Waals surface area contributed by atoms with E-state index in [1.54, 1.807) is 19.0 Å². The van der Waals surface area contributed by atoms with Gasteiger partial charge in [-0.2, -0.15) is 5.10 Å². The summed E-state index contributed by atoms with van der Waals surface area (Å²) >= 11 is 0. The summed E-state index contributed by atoms with van der Waals surface area (Å²) < 4.78 is 1.90. The van der Waals surface area contributed by atoms with Crippen LogP contribution in [0.5, 0.6) is 0 Å². The Kier molecular flexibility index (Phi) is 4.80. The highest BCUT2D eigenvalue weighted by atomic mass is 16.2. The van der Waals surface area contributed by atoms with Crippen LogP contribution in [-0.2, 0) is 19.0 Å². The van der Waals surface area contributed by atoms with Gasteiger partial charge >= 0.3 is 6.03 Å². The molecule has 2 heterocycles. The van der Waals surface area contributed by atoms with Crippen LogP contribution in [0.25, 0.3) is 0 Å². The van der Waals surface area contributed by atoms with E-state index in [1.807, 2.05) is 16.6 Å². The number of nitrogens with zero attached hydrogens (tertiary/aromatic N) is 5. The van der Waals surface area contributed by atoms with Crippen LogP contribution in [0.4, 0.5) is 4.79 Å². The Morgan fingerprint density at radius 3 is 2.32 bits per heavy atom. The minimum absolute atomic E-state index is 0.0549. The Hall–Kier alpha value is -1.56. The van der Waals surface area contributed by atoms with Crippen molar-refractivity contribution < 1.29 is 4.79 Å². The number of urea groups is 1. The summed E-state index contributed by atoms with van der Waals surface area (Å²) in [7, 11) is 5.59. The van der Waals surface area contributed by atoms with Crippen LogP contribution in [0, 0.1) is 0 Å². The Bertz CT molecular complexity index is 521. The van der Waals surface area contributed by atoms with Gasteiger partial charge in [0.1, 0.15) is 0 Å². The average molecular weight is 307 g/mol. The van der Waals surface area contributed by atoms with E-state index in [9.17, 15) is 4.79 Å². The summed E-state index contributed by atoms with van der Waals surface area (Å²) in [6.45, 7) is 10.9. The van der Waals surface area contributed by atoms with Gasteiger partial charge in [0.25, 0.3) is 0 Å². The van der Waals surface area contributed by atoms with Crippen molar-refractivity contribution in [2.24, 2.45) is 7.05 Å². The van der Waals surface area contributed by atoms with Gasteiger partial charge in [0.05, 0.1) is 5.69 Å². The highest BCUT2D eigenvalue weighted by Gasteiger charge is 2.26. The normalized spacial score (nSPS) is 16.9. The first-order valence-corrected chi connectivity index (χ1v) is 7.90. The second-order valence-corrected chi connectivity index (χ2v) is 7.37. The molecule has 0 atom stereocenters. The van der Waals surface area contributed by atoms with Crippen LogP contribution in [0.2, 0.25) is 0 Å². The molecule has 1 aromatic rings. The third-order valence-electron chi connectivity index (χ3n) is 4.03. The van der Waals surface area contributed by atoms with Crippen molar-refractivity contribution in [3.63, 3.8) is 0 Å². The van der Waals surface area contributed by atoms with Gasteiger partial charge in [0, 0.05) is 71.0 Å². The molecule has 0 saturated carbocycles. The van der Waals surface area contributed by atoms with Crippen molar-refractivity contribution in [2.75, 3.05) is 40.3 Å². The molecule has 2 amide bonds. The van der Waals surface area contributed by atoms with Crippen LogP contribution in [0.3, 0.4) is 0 Å². The molecule has 0 N–H and O–H groups in total. The van der Waals surface area contributed by atoms with Crippen molar-refractivity contribution in [1.29, 1.82) is 0 Å². The van der Waals surface area contributed by atoms with Gasteiger partial charge in [-0.3, -0.25) is 9.58 Å². The number of amides is 2. The predicted octanol–water partition coefficient (Wildman–Crippen LogP) is 1.52. The number of carbonyl (C=O) groups excluding carboxylic acids is 1. The molecule has 6 heteroatoms. The van der Waals surface area contributed by atoms with E-state index in [-0.39, 0.29) is 11.4 Å². The highest BCUT2D eigenvalue weighted by molar-refractivity contribution is 5.73. The highest BCUT2D eigenvalue weighted by Crippen LogP contribution is 2.25. The van der Waals surface area contributed by atoms with Gasteiger partial charge in [0.15, 0.2) is 0 Å². The van der Waals surface area contributed by atoms with Crippen LogP contribution in [-0.4, -0.2) is 70.8 Å². The molecule has 2 rings (SSSR count). The number of aryl methyl sites for hydroxylation is 1. The number of piperazine rings is 1. The van der Waals surface area contributed by atoms with Gasteiger partial charge < -0.3 is 9.80 Å². The van der Waals surface area contributed by atoms with E-state index < -0.39 is 0 Å². The smallest absolute Gasteiger partial charge is 0.319 e. The van der Waals surface area contributed by atoms with Gasteiger partial charge in [-0.05, 0) is 0 Å². The van der Waals surface area contributed by atoms with E-state index >= 15 is 0 Å². The zero-order chi connectivity index (χ0) is 16.5. The number of hydrogen-bond acceptors (Lipinski definition) is 3. The molecule has 22 heavy (non-hydrogen) atoms. The summed E-state index contributed by atoms with van der Waals surface area (Å²) in [6.07, 6.45) is 2.12. The standard InChI is InChI=1S/C16H29N5O/c1-16(2,3)14-13(11-19(6)17-14)12-20-7-9-21(10-8-20)15(22)18(4)5/h11H,7-10,12H2,1-6H3. The van der Waals surface area contributed by atoms with Crippen LogP contribution >= 0.6 is 0 Å². The van der Waals surface area contributed by atoms with E-state index in [0.29, 0.717) is 0 Å². The van der Waals surface area contributed by atoms with Crippen molar-refractivity contribution in [2.45, 2.75) is 32.7 Å². The third kappa shape index (κ3) is 3.80. The first-order valence-electron chi connectivity index (χ1n) is 7.90. The number of hydrogen-bond donors (Lipinski definition) is 0. The van der Waals surface area contributed by atoms with Gasteiger partial charge in [-0.25, -0.2) is 4.79 Å². The molecule has 1 saturated heterocycles. The average Bonchev–Trinajstić information content (AvgIpc) is 2.79. The molecule has 1 aliphatic rings. The Morgan fingerprint density at radius 1 is 1.23 bits per heavy atom. The maximum Gasteiger partial charge on any atom is 0.319 e. The zero-order valence-electron chi connectivity index (χ0n) is 14.8. The van der Waals surface area contributed by atoms with Crippen molar-refractivity contribution in [3.05, 3.63) is 17.5 Å². The Labute approximate surface area is 133 Å². The summed E-state index contributed by atoms with van der Waals surface area (Å²) in [5, 5.41) is 4.63. The van der Waals surface area contributed by atoms with E-state index in [2.05, 4.69) is 37.0 Å². The van der Waals surface area contributed by atoms with Crippen molar-refractivity contribution >= 4 is 6.03 Å². The lowest BCUT2D eigenvalue weighted by Gasteiger charge is -2.36. The largest absolute Gasteiger partial charge is 0.331 e. The van der Waals surface area contributed by atoms with Crippen LogP contribution < -0.4 is 0 Å². The molecule has 1 aromatic heterocycles. The molecule has 1 fully saturated rings. The minimum atomic E-state index is 0.0549. The van der Waals surface area contributed by atoms with Crippen LogP contribution in [0.15, 0.2) is 6.20 Å². The van der Waals surface area contributed by atoms with Gasteiger partial charge in [-0.1, -0.05) is 20.8 Å². The van der Waals surface area contributed by atoms with Crippen molar-refractivity contribution in [1.82, 2.24) is 24.5 Å². The lowest BCUT2D eigenvalue weighted by Crippen LogP contribution is -2.51. The second kappa shape index (κ2) is 6.28. The molecule has 0 aromatic carbocycles. The summed E-state index contributed by atoms with van der Waals surface area (Å²) in [6, 6.07) is 0.108. The van der Waals surface area contributed by atoms with Gasteiger partial charge in [0.2, 0.25) is 0 Å². The zero-order valence-corrected chi connectivity index (χ0v) is 14.8. The SMILES string of the molecule is CN(C)C(=O)N1CCN(Cc2cn(C)nc2C(C)(C)C)CC1. The number of aromatic nitrogens is 2. The minimum Gasteiger partial charge on any atom is -0.331 e. The lowest BCUT2D eigenvalue weighted by atomic mass is 9.89. The van der Waals surface area contributed by atoms with E-state index in [4.69, 9.17) is 0 Å². The molecule has 1 aliphatic heterocycles. The quantitative estimate of drug-likeness (QED) is 0.832. The maximum atomic E-state index is 12.0. The topological polar surface area (TPSA) is 44.6 Å². The van der Waals surface area contributed by atoms with Crippen LogP contribution in [0.1, 0.15) is 32.0 Å². The molecular formula is C16H29N5O. The molecule has 0 spiro atoms. The lowest BCUT2D eigenvalue weighted by molar-refractivity contribution is 0.119. The van der Waals surface area contributed by atoms with Gasteiger partial charge in [-0.15, -0.1) is 0 Å². The molecule has 124 valence electrons. The molecule has 0 radical (unpaired) electrons. The second-order valence-electron chi connectivity index (χ2n) is 7.37. The summed E-state index contributed by atoms with van der Waals surface area (Å²) in [4.78, 5) is 17.9. The fourth-order valence-electron chi connectivity index (χ4n) is 2.91. The Balaban J connectivity index is 1.98. The number of rotatable bonds is 2. The predicted molar refractivity (Wildman–Crippen MR) is 87.8 cm³/mol. The number of carbonyl (C=O) groups is 1. The Morgan fingerprint density at radius 2 is 1.82 bits per heavy atom. The first kappa shape index (κ1) is 16.8. The maximum absolute atomic E-state index is 12.0. The summed E-state index contributed by atoms with van der Waals surface area (Å²) in [5.41, 5.74) is 2.52. The molecule has 0 unspecified atom stereocenters. The van der Waals surface area contributed by atoms with E-state index in [0.717, 1.165) is 32.7 Å². The fourth-order valence-corrected chi connectivity index (χ4v) is 2.91. The molecule has 0 bridgehead atoms. The fraction of sp³-hybridized carbons (Fsp3) is 0.750.